The molecule has 3 aromatic carbocycles. The molecule has 0 saturated carbocycles. The van der Waals surface area contributed by atoms with Crippen LogP contribution in [0.2, 0.25) is 0 Å². The Morgan fingerprint density at radius 2 is 1.44 bits per heavy atom. The average molecular weight is 564 g/mol. The smallest absolute Gasteiger partial charge is 0.416 e. The van der Waals surface area contributed by atoms with Crippen molar-refractivity contribution in [3.05, 3.63) is 119 Å². The summed E-state index contributed by atoms with van der Waals surface area (Å²) in [6.45, 7) is 3.97. The van der Waals surface area contributed by atoms with E-state index in [4.69, 9.17) is 9.15 Å². The van der Waals surface area contributed by atoms with E-state index in [2.05, 4.69) is 9.80 Å². The van der Waals surface area contributed by atoms with E-state index < -0.39 is 11.7 Å². The van der Waals surface area contributed by atoms with Crippen molar-refractivity contribution >= 4 is 11.6 Å². The van der Waals surface area contributed by atoms with Gasteiger partial charge in [0.15, 0.2) is 5.76 Å². The van der Waals surface area contributed by atoms with Crippen LogP contribution in [0.5, 0.6) is 5.75 Å². The third-order valence-corrected chi connectivity index (χ3v) is 7.19. The highest BCUT2D eigenvalue weighted by Crippen LogP contribution is 2.29. The molecular formula is C32H32F3N3O3. The monoisotopic (exact) mass is 563 g/mol. The van der Waals surface area contributed by atoms with Gasteiger partial charge in [0.1, 0.15) is 11.5 Å². The largest absolute Gasteiger partial charge is 0.497 e. The fourth-order valence-electron chi connectivity index (χ4n) is 4.98. The number of halogens is 3. The Morgan fingerprint density at radius 3 is 2.05 bits per heavy atom. The van der Waals surface area contributed by atoms with Crippen molar-refractivity contribution in [2.75, 3.05) is 38.2 Å². The summed E-state index contributed by atoms with van der Waals surface area (Å²) in [6, 6.07) is 26.4. The lowest BCUT2D eigenvalue weighted by molar-refractivity contribution is -0.137. The molecule has 6 nitrogen and oxygen atoms in total. The molecule has 2 heterocycles. The Labute approximate surface area is 237 Å². The number of rotatable bonds is 9. The summed E-state index contributed by atoms with van der Waals surface area (Å²) in [5, 5.41) is 0. The van der Waals surface area contributed by atoms with Crippen molar-refractivity contribution in [3.63, 3.8) is 0 Å². The minimum absolute atomic E-state index is 0.150. The standard InChI is InChI=1S/C32H32F3N3O3/c1-40-28-13-11-27(12-14-28)37-17-19-38(20-18-37)31(39)30-16-15-29(41-30)23-36(21-24-5-3-2-4-6-24)22-25-7-9-26(10-8-25)32(33,34)35/h2-16H,17-23H2,1H3. The van der Waals surface area contributed by atoms with Gasteiger partial charge in [-0.05, 0) is 59.7 Å². The number of alkyl halides is 3. The summed E-state index contributed by atoms with van der Waals surface area (Å²) >= 11 is 0. The van der Waals surface area contributed by atoms with Gasteiger partial charge in [-0.15, -0.1) is 0 Å². The molecule has 1 fully saturated rings. The number of hydrogen-bond donors (Lipinski definition) is 0. The van der Waals surface area contributed by atoms with Gasteiger partial charge in [-0.2, -0.15) is 13.2 Å². The van der Waals surface area contributed by atoms with Crippen molar-refractivity contribution in [2.24, 2.45) is 0 Å². The molecule has 0 spiro atoms. The summed E-state index contributed by atoms with van der Waals surface area (Å²) in [4.78, 5) is 19.3. The molecule has 0 radical (unpaired) electrons. The fraction of sp³-hybridized carbons (Fsp3) is 0.281. The van der Waals surface area contributed by atoms with Crippen LogP contribution in [0, 0.1) is 0 Å². The molecule has 0 N–H and O–H groups in total. The summed E-state index contributed by atoms with van der Waals surface area (Å²) in [6.07, 6.45) is -4.37. The molecule has 0 bridgehead atoms. The van der Waals surface area contributed by atoms with Crippen LogP contribution < -0.4 is 9.64 Å². The van der Waals surface area contributed by atoms with Crippen LogP contribution in [0.15, 0.2) is 95.4 Å². The number of ether oxygens (including phenoxy) is 1. The lowest BCUT2D eigenvalue weighted by Crippen LogP contribution is -2.48. The average Bonchev–Trinajstić information content (AvgIpc) is 3.45. The van der Waals surface area contributed by atoms with Crippen LogP contribution in [0.4, 0.5) is 18.9 Å². The maximum atomic E-state index is 13.2. The minimum Gasteiger partial charge on any atom is -0.497 e. The normalized spacial score (nSPS) is 14.0. The zero-order valence-corrected chi connectivity index (χ0v) is 22.8. The Bertz CT molecular complexity index is 1410. The predicted molar refractivity (Wildman–Crippen MR) is 151 cm³/mol. The third kappa shape index (κ3) is 7.29. The first-order valence-electron chi connectivity index (χ1n) is 13.5. The van der Waals surface area contributed by atoms with E-state index in [0.29, 0.717) is 51.6 Å². The Hall–Kier alpha value is -4.24. The van der Waals surface area contributed by atoms with E-state index in [1.54, 1.807) is 24.1 Å². The molecule has 0 aliphatic carbocycles. The first kappa shape index (κ1) is 28.3. The van der Waals surface area contributed by atoms with Crippen molar-refractivity contribution in [1.82, 2.24) is 9.80 Å². The van der Waals surface area contributed by atoms with Crippen LogP contribution in [-0.2, 0) is 25.8 Å². The molecule has 41 heavy (non-hydrogen) atoms. The Balaban J connectivity index is 1.22. The third-order valence-electron chi connectivity index (χ3n) is 7.19. The lowest BCUT2D eigenvalue weighted by atomic mass is 10.1. The number of amides is 1. The molecule has 0 atom stereocenters. The van der Waals surface area contributed by atoms with Gasteiger partial charge < -0.3 is 19.0 Å². The van der Waals surface area contributed by atoms with Gasteiger partial charge in [0.2, 0.25) is 0 Å². The topological polar surface area (TPSA) is 49.2 Å². The maximum absolute atomic E-state index is 13.2. The summed E-state index contributed by atoms with van der Waals surface area (Å²) in [5.74, 6) is 1.56. The number of hydrogen-bond acceptors (Lipinski definition) is 5. The van der Waals surface area contributed by atoms with Gasteiger partial charge in [0, 0.05) is 45.0 Å². The SMILES string of the molecule is COc1ccc(N2CCN(C(=O)c3ccc(CN(Cc4ccccc4)Cc4ccc(C(F)(F)F)cc4)o3)CC2)cc1. The first-order valence-corrected chi connectivity index (χ1v) is 13.5. The number of carbonyl (C=O) groups is 1. The molecule has 0 unspecified atom stereocenters. The van der Waals surface area contributed by atoms with Gasteiger partial charge in [0.05, 0.1) is 19.2 Å². The molecule has 1 amide bonds. The van der Waals surface area contributed by atoms with E-state index in [1.807, 2.05) is 54.6 Å². The van der Waals surface area contributed by atoms with Crippen LogP contribution in [-0.4, -0.2) is 49.0 Å². The lowest BCUT2D eigenvalue weighted by Gasteiger charge is -2.35. The summed E-state index contributed by atoms with van der Waals surface area (Å²) in [5.41, 5.74) is 2.24. The van der Waals surface area contributed by atoms with E-state index in [-0.39, 0.29) is 11.7 Å². The molecule has 9 heteroatoms. The van der Waals surface area contributed by atoms with E-state index in [1.165, 1.54) is 12.1 Å². The van der Waals surface area contributed by atoms with E-state index >= 15 is 0 Å². The van der Waals surface area contributed by atoms with E-state index in [0.717, 1.165) is 34.7 Å². The van der Waals surface area contributed by atoms with Crippen molar-refractivity contribution < 1.29 is 27.1 Å². The highest BCUT2D eigenvalue weighted by Gasteiger charge is 2.30. The van der Waals surface area contributed by atoms with Crippen molar-refractivity contribution in [3.8, 4) is 5.75 Å². The molecule has 1 saturated heterocycles. The quantitative estimate of drug-likeness (QED) is 0.234. The molecule has 4 aromatic rings. The van der Waals surface area contributed by atoms with Crippen molar-refractivity contribution in [1.29, 1.82) is 0 Å². The number of anilines is 1. The predicted octanol–water partition coefficient (Wildman–Crippen LogP) is 6.47. The Kier molecular flexibility index (Phi) is 8.64. The minimum atomic E-state index is -4.37. The number of methoxy groups -OCH3 is 1. The number of piperazine rings is 1. The molecule has 1 aliphatic heterocycles. The second kappa shape index (κ2) is 12.5. The second-order valence-corrected chi connectivity index (χ2v) is 10.1. The molecule has 214 valence electrons. The van der Waals surface area contributed by atoms with Gasteiger partial charge in [-0.25, -0.2) is 0 Å². The van der Waals surface area contributed by atoms with Crippen LogP contribution in [0.1, 0.15) is 33.0 Å². The van der Waals surface area contributed by atoms with Gasteiger partial charge in [-0.1, -0.05) is 42.5 Å². The zero-order valence-electron chi connectivity index (χ0n) is 22.8. The van der Waals surface area contributed by atoms with Crippen LogP contribution in [0.3, 0.4) is 0 Å². The van der Waals surface area contributed by atoms with Gasteiger partial charge in [0.25, 0.3) is 5.91 Å². The second-order valence-electron chi connectivity index (χ2n) is 10.1. The Morgan fingerprint density at radius 1 is 0.805 bits per heavy atom. The first-order chi connectivity index (χ1) is 19.8. The molecule has 5 rings (SSSR count). The number of carbonyl (C=O) groups excluding carboxylic acids is 1. The highest BCUT2D eigenvalue weighted by atomic mass is 19.4. The molecular weight excluding hydrogens is 531 g/mol. The fourth-order valence-corrected chi connectivity index (χ4v) is 4.98. The number of furan rings is 1. The van der Waals surface area contributed by atoms with Crippen LogP contribution in [0.25, 0.3) is 0 Å². The molecule has 1 aliphatic rings. The highest BCUT2D eigenvalue weighted by molar-refractivity contribution is 5.91. The van der Waals surface area contributed by atoms with E-state index in [9.17, 15) is 18.0 Å². The summed E-state index contributed by atoms with van der Waals surface area (Å²) < 4.78 is 50.3. The van der Waals surface area contributed by atoms with Gasteiger partial charge >= 0.3 is 6.18 Å². The zero-order chi connectivity index (χ0) is 28.8. The number of benzene rings is 3. The maximum Gasteiger partial charge on any atom is 0.416 e. The number of nitrogens with zero attached hydrogens (tertiary/aromatic N) is 3. The van der Waals surface area contributed by atoms with Crippen molar-refractivity contribution in [2.45, 2.75) is 25.8 Å². The van der Waals surface area contributed by atoms with Crippen LogP contribution >= 0.6 is 0 Å². The summed E-state index contributed by atoms with van der Waals surface area (Å²) in [7, 11) is 1.64. The van der Waals surface area contributed by atoms with Gasteiger partial charge in [-0.3, -0.25) is 9.69 Å². The molecule has 1 aromatic heterocycles.